The molecule has 0 aliphatic carbocycles. The van der Waals surface area contributed by atoms with Crippen molar-refractivity contribution in [2.24, 2.45) is 5.92 Å². The molecule has 1 aliphatic heterocycles. The van der Waals surface area contributed by atoms with E-state index in [2.05, 4.69) is 5.32 Å². The minimum absolute atomic E-state index is 0.0301. The summed E-state index contributed by atoms with van der Waals surface area (Å²) in [6.07, 6.45) is -5.37. The van der Waals surface area contributed by atoms with Gasteiger partial charge in [0.05, 0.1) is 5.75 Å². The zero-order valence-electron chi connectivity index (χ0n) is 14.6. The normalized spacial score (nSPS) is 28.9. The first kappa shape index (κ1) is 22.3. The van der Waals surface area contributed by atoms with E-state index in [-0.39, 0.29) is 13.0 Å². The molecule has 1 unspecified atom stereocenters. The third-order valence-electron chi connectivity index (χ3n) is 3.63. The second-order valence-electron chi connectivity index (χ2n) is 5.89. The van der Waals surface area contributed by atoms with E-state index in [1.807, 2.05) is 0 Å². The Labute approximate surface area is 150 Å². The number of esters is 2. The maximum absolute atomic E-state index is 12.2. The minimum atomic E-state index is -4.14. The van der Waals surface area contributed by atoms with Gasteiger partial charge in [0, 0.05) is 26.3 Å². The molecule has 0 aromatic heterocycles. The molecule has 0 spiro atoms. The average molecular weight is 397 g/mol. The van der Waals surface area contributed by atoms with Crippen molar-refractivity contribution in [3.8, 4) is 0 Å². The summed E-state index contributed by atoms with van der Waals surface area (Å²) in [6.45, 7) is 3.69. The Morgan fingerprint density at radius 1 is 1.12 bits per heavy atom. The van der Waals surface area contributed by atoms with Crippen LogP contribution in [0.3, 0.4) is 0 Å². The fraction of sp³-hybridized carbons (Fsp3) is 0.786. The van der Waals surface area contributed by atoms with E-state index in [9.17, 15) is 27.9 Å². The van der Waals surface area contributed by atoms with Crippen molar-refractivity contribution in [1.82, 2.24) is 5.32 Å². The molecule has 5 atom stereocenters. The van der Waals surface area contributed by atoms with Gasteiger partial charge in [-0.3, -0.25) is 18.9 Å². The van der Waals surface area contributed by atoms with E-state index in [1.54, 1.807) is 0 Å². The van der Waals surface area contributed by atoms with E-state index in [0.717, 1.165) is 13.8 Å². The number of aliphatic hydroxyl groups excluding tert-OH is 1. The number of carbonyl (C=O) groups is 3. The van der Waals surface area contributed by atoms with Crippen molar-refractivity contribution in [3.63, 3.8) is 0 Å². The smallest absolute Gasteiger partial charge is 0.303 e. The lowest BCUT2D eigenvalue weighted by Gasteiger charge is -2.41. The second kappa shape index (κ2) is 9.26. The first-order valence-corrected chi connectivity index (χ1v) is 9.44. The topological polar surface area (TPSA) is 166 Å². The third-order valence-corrected chi connectivity index (χ3v) is 4.43. The number of amides is 1. The lowest BCUT2D eigenvalue weighted by molar-refractivity contribution is -0.270. The highest BCUT2D eigenvalue weighted by molar-refractivity contribution is 7.85. The number of nitrogens with one attached hydrogen (secondary N) is 1. The molecular weight excluding hydrogens is 374 g/mol. The maximum atomic E-state index is 12.2. The van der Waals surface area contributed by atoms with Crippen molar-refractivity contribution >= 4 is 28.0 Å². The third kappa shape index (κ3) is 6.86. The summed E-state index contributed by atoms with van der Waals surface area (Å²) in [5.41, 5.74) is 0. The number of aliphatic hydroxyl groups is 1. The van der Waals surface area contributed by atoms with E-state index in [1.165, 1.54) is 6.92 Å². The van der Waals surface area contributed by atoms with Gasteiger partial charge >= 0.3 is 11.9 Å². The maximum Gasteiger partial charge on any atom is 0.303 e. The number of hydrogen-bond acceptors (Lipinski definition) is 9. The molecule has 0 saturated carbocycles. The van der Waals surface area contributed by atoms with Crippen LogP contribution in [0.15, 0.2) is 0 Å². The van der Waals surface area contributed by atoms with Crippen molar-refractivity contribution in [2.45, 2.75) is 51.8 Å². The van der Waals surface area contributed by atoms with Crippen molar-refractivity contribution in [1.29, 1.82) is 0 Å². The molecule has 150 valence electrons. The summed E-state index contributed by atoms with van der Waals surface area (Å²) >= 11 is 0. The molecule has 0 aromatic carbocycles. The monoisotopic (exact) mass is 397 g/mol. The molecular formula is C14H23NO10S. The predicted octanol–water partition coefficient (Wildman–Crippen LogP) is -1.40. The molecule has 1 aliphatic rings. The van der Waals surface area contributed by atoms with Gasteiger partial charge in [0.1, 0.15) is 12.2 Å². The van der Waals surface area contributed by atoms with Gasteiger partial charge in [0.25, 0.3) is 10.1 Å². The molecule has 1 saturated heterocycles. The van der Waals surface area contributed by atoms with Gasteiger partial charge in [-0.25, -0.2) is 0 Å². The highest BCUT2D eigenvalue weighted by atomic mass is 32.2. The highest BCUT2D eigenvalue weighted by Gasteiger charge is 2.49. The van der Waals surface area contributed by atoms with E-state index < -0.39 is 64.2 Å². The Balaban J connectivity index is 2.78. The molecule has 1 rings (SSSR count). The largest absolute Gasteiger partial charge is 0.458 e. The summed E-state index contributed by atoms with van der Waals surface area (Å²) in [4.78, 5) is 34.7. The van der Waals surface area contributed by atoms with Gasteiger partial charge < -0.3 is 24.6 Å². The first-order valence-electron chi connectivity index (χ1n) is 7.83. The SMILES string of the molecule is CC(=O)O[C@H]1[C@H](C)[C@@H](C(=O)NCCCS(=O)(=O)O)OC(O)[C@@H]1OC(C)=O. The van der Waals surface area contributed by atoms with Gasteiger partial charge in [-0.2, -0.15) is 8.42 Å². The van der Waals surface area contributed by atoms with Gasteiger partial charge in [-0.1, -0.05) is 6.92 Å². The lowest BCUT2D eigenvalue weighted by Crippen LogP contribution is -2.60. The summed E-state index contributed by atoms with van der Waals surface area (Å²) in [7, 11) is -4.14. The zero-order valence-corrected chi connectivity index (χ0v) is 15.4. The Hall–Kier alpha value is -1.76. The molecule has 0 aromatic rings. The molecule has 1 heterocycles. The van der Waals surface area contributed by atoms with Crippen molar-refractivity contribution in [3.05, 3.63) is 0 Å². The van der Waals surface area contributed by atoms with Crippen LogP contribution in [0.25, 0.3) is 0 Å². The van der Waals surface area contributed by atoms with Crippen LogP contribution in [-0.2, 0) is 38.7 Å². The van der Waals surface area contributed by atoms with Gasteiger partial charge in [-0.15, -0.1) is 0 Å². The van der Waals surface area contributed by atoms with Crippen LogP contribution < -0.4 is 5.32 Å². The Kier molecular flexibility index (Phi) is 7.93. The second-order valence-corrected chi connectivity index (χ2v) is 7.46. The quantitative estimate of drug-likeness (QED) is 0.264. The summed E-state index contributed by atoms with van der Waals surface area (Å²) in [5, 5.41) is 12.4. The molecule has 12 heteroatoms. The van der Waals surface area contributed by atoms with E-state index in [4.69, 9.17) is 18.8 Å². The zero-order chi connectivity index (χ0) is 20.1. The van der Waals surface area contributed by atoms with Crippen LogP contribution in [0, 0.1) is 5.92 Å². The standard InChI is InChI=1S/C14H23NO10S/c1-7-10(23-8(2)16)12(24-9(3)17)14(19)25-11(7)13(18)15-5-4-6-26(20,21)22/h7,10-12,14,19H,4-6H2,1-3H3,(H,15,18)(H,20,21,22)/t7-,10-,11-,12+,14?/m0/s1. The number of rotatable bonds is 7. The fourth-order valence-corrected chi connectivity index (χ4v) is 3.04. The van der Waals surface area contributed by atoms with Crippen LogP contribution in [-0.4, -0.2) is 72.8 Å². The molecule has 26 heavy (non-hydrogen) atoms. The van der Waals surface area contributed by atoms with Crippen LogP contribution in [0.5, 0.6) is 0 Å². The highest BCUT2D eigenvalue weighted by Crippen LogP contribution is 2.29. The van der Waals surface area contributed by atoms with Crippen LogP contribution >= 0.6 is 0 Å². The Bertz CT molecular complexity index is 634. The average Bonchev–Trinajstić information content (AvgIpc) is 2.48. The molecule has 1 amide bonds. The van der Waals surface area contributed by atoms with E-state index >= 15 is 0 Å². The Morgan fingerprint density at radius 3 is 2.15 bits per heavy atom. The van der Waals surface area contributed by atoms with Crippen LogP contribution in [0.2, 0.25) is 0 Å². The van der Waals surface area contributed by atoms with Crippen LogP contribution in [0.1, 0.15) is 27.2 Å². The lowest BCUT2D eigenvalue weighted by atomic mass is 9.89. The molecule has 11 nitrogen and oxygen atoms in total. The number of ether oxygens (including phenoxy) is 3. The summed E-state index contributed by atoms with van der Waals surface area (Å²) in [6, 6.07) is 0. The molecule has 0 bridgehead atoms. The molecule has 1 fully saturated rings. The molecule has 0 radical (unpaired) electrons. The minimum Gasteiger partial charge on any atom is -0.458 e. The van der Waals surface area contributed by atoms with Gasteiger partial charge in [0.15, 0.2) is 12.4 Å². The number of hydrogen-bond donors (Lipinski definition) is 3. The number of carbonyl (C=O) groups excluding carboxylic acids is 3. The van der Waals surface area contributed by atoms with Gasteiger partial charge in [0.2, 0.25) is 5.91 Å². The predicted molar refractivity (Wildman–Crippen MR) is 85.2 cm³/mol. The molecule has 3 N–H and O–H groups in total. The summed E-state index contributed by atoms with van der Waals surface area (Å²) < 4.78 is 45.1. The van der Waals surface area contributed by atoms with E-state index in [0.29, 0.717) is 0 Å². The fourth-order valence-electron chi connectivity index (χ4n) is 2.54. The van der Waals surface area contributed by atoms with Gasteiger partial charge in [-0.05, 0) is 6.42 Å². The Morgan fingerprint density at radius 2 is 1.65 bits per heavy atom. The van der Waals surface area contributed by atoms with Crippen molar-refractivity contribution in [2.75, 3.05) is 12.3 Å². The van der Waals surface area contributed by atoms with Crippen LogP contribution in [0.4, 0.5) is 0 Å². The summed E-state index contributed by atoms with van der Waals surface area (Å²) in [5.74, 6) is -3.39. The first-order chi connectivity index (χ1) is 11.9. The van der Waals surface area contributed by atoms with Crippen molar-refractivity contribution < 1.29 is 46.7 Å².